The van der Waals surface area contributed by atoms with Crippen molar-refractivity contribution in [3.05, 3.63) is 24.3 Å². The second-order valence-electron chi connectivity index (χ2n) is 4.36. The summed E-state index contributed by atoms with van der Waals surface area (Å²) in [5.41, 5.74) is 1.62. The summed E-state index contributed by atoms with van der Waals surface area (Å²) in [6.07, 6.45) is 5.79. The zero-order chi connectivity index (χ0) is 13.2. The summed E-state index contributed by atoms with van der Waals surface area (Å²) < 4.78 is 0. The molecule has 3 rings (SSSR count). The minimum Gasteiger partial charge on any atom is -0.311 e. The first-order chi connectivity index (χ1) is 9.28. The minimum atomic E-state index is -0.0127. The fourth-order valence-electron chi connectivity index (χ4n) is 2.17. The SMILES string of the molecule is C#CC1CC(=O)N(c2cccc(-c3nn[nH]n3)c2)C1. The van der Waals surface area contributed by atoms with E-state index in [1.165, 1.54) is 0 Å². The fourth-order valence-corrected chi connectivity index (χ4v) is 2.17. The molecule has 6 heteroatoms. The van der Waals surface area contributed by atoms with E-state index in [1.807, 2.05) is 24.3 Å². The number of benzene rings is 1. The predicted octanol–water partition coefficient (Wildman–Crippen LogP) is 0.853. The van der Waals surface area contributed by atoms with Crippen LogP contribution in [0.4, 0.5) is 5.69 Å². The van der Waals surface area contributed by atoms with Gasteiger partial charge in [0, 0.05) is 30.1 Å². The number of aromatic amines is 1. The van der Waals surface area contributed by atoms with Crippen LogP contribution in [0.2, 0.25) is 0 Å². The van der Waals surface area contributed by atoms with Crippen LogP contribution in [0.25, 0.3) is 11.4 Å². The first-order valence-electron chi connectivity index (χ1n) is 5.88. The third-order valence-electron chi connectivity index (χ3n) is 3.12. The highest BCUT2D eigenvalue weighted by molar-refractivity contribution is 5.96. The summed E-state index contributed by atoms with van der Waals surface area (Å²) in [5, 5.41) is 13.8. The van der Waals surface area contributed by atoms with Gasteiger partial charge in [-0.15, -0.1) is 22.5 Å². The number of anilines is 1. The van der Waals surface area contributed by atoms with Gasteiger partial charge in [0.05, 0.1) is 0 Å². The van der Waals surface area contributed by atoms with Crippen molar-refractivity contribution in [3.8, 4) is 23.7 Å². The maximum atomic E-state index is 11.9. The number of terminal acetylenes is 1. The van der Waals surface area contributed by atoms with E-state index < -0.39 is 0 Å². The molecule has 6 nitrogen and oxygen atoms in total. The number of hydrogen-bond acceptors (Lipinski definition) is 4. The highest BCUT2D eigenvalue weighted by atomic mass is 16.2. The largest absolute Gasteiger partial charge is 0.311 e. The summed E-state index contributed by atoms with van der Waals surface area (Å²) >= 11 is 0. The summed E-state index contributed by atoms with van der Waals surface area (Å²) in [6.45, 7) is 0.561. The van der Waals surface area contributed by atoms with Gasteiger partial charge in [0.25, 0.3) is 0 Å². The summed E-state index contributed by atoms with van der Waals surface area (Å²) in [6, 6.07) is 7.47. The number of tetrazole rings is 1. The van der Waals surface area contributed by atoms with E-state index in [-0.39, 0.29) is 11.8 Å². The quantitative estimate of drug-likeness (QED) is 0.805. The van der Waals surface area contributed by atoms with Crippen LogP contribution in [0.3, 0.4) is 0 Å². The summed E-state index contributed by atoms with van der Waals surface area (Å²) in [5.74, 6) is 3.17. The molecule has 2 aromatic rings. The Balaban J connectivity index is 1.92. The molecular formula is C13H11N5O. The van der Waals surface area contributed by atoms with Crippen molar-refractivity contribution < 1.29 is 4.79 Å². The van der Waals surface area contributed by atoms with Gasteiger partial charge in [-0.3, -0.25) is 4.79 Å². The normalized spacial score (nSPS) is 18.6. The first kappa shape index (κ1) is 11.4. The summed E-state index contributed by atoms with van der Waals surface area (Å²) in [7, 11) is 0. The lowest BCUT2D eigenvalue weighted by molar-refractivity contribution is -0.117. The number of hydrogen-bond donors (Lipinski definition) is 1. The zero-order valence-electron chi connectivity index (χ0n) is 10.1. The molecule has 0 radical (unpaired) electrons. The van der Waals surface area contributed by atoms with Gasteiger partial charge in [-0.1, -0.05) is 12.1 Å². The van der Waals surface area contributed by atoms with E-state index in [0.717, 1.165) is 11.3 Å². The maximum absolute atomic E-state index is 11.9. The van der Waals surface area contributed by atoms with Crippen LogP contribution in [-0.4, -0.2) is 33.1 Å². The van der Waals surface area contributed by atoms with Crippen LogP contribution < -0.4 is 4.90 Å². The third-order valence-corrected chi connectivity index (χ3v) is 3.12. The molecule has 1 N–H and O–H groups in total. The molecule has 1 saturated heterocycles. The Morgan fingerprint density at radius 3 is 3.05 bits per heavy atom. The molecule has 1 aromatic heterocycles. The molecule has 0 saturated carbocycles. The van der Waals surface area contributed by atoms with Gasteiger partial charge in [0.1, 0.15) is 0 Å². The predicted molar refractivity (Wildman–Crippen MR) is 68.9 cm³/mol. The molecule has 1 aliphatic heterocycles. The van der Waals surface area contributed by atoms with Gasteiger partial charge in [-0.05, 0) is 17.3 Å². The van der Waals surface area contributed by atoms with Crippen molar-refractivity contribution in [1.82, 2.24) is 20.6 Å². The Labute approximate surface area is 109 Å². The van der Waals surface area contributed by atoms with Crippen molar-refractivity contribution >= 4 is 11.6 Å². The molecule has 0 spiro atoms. The molecule has 1 unspecified atom stereocenters. The number of H-pyrrole nitrogens is 1. The molecule has 0 aliphatic carbocycles. The highest BCUT2D eigenvalue weighted by Crippen LogP contribution is 2.27. The monoisotopic (exact) mass is 253 g/mol. The number of nitrogens with zero attached hydrogens (tertiary/aromatic N) is 4. The molecule has 1 atom stereocenters. The lowest BCUT2D eigenvalue weighted by Crippen LogP contribution is -2.24. The highest BCUT2D eigenvalue weighted by Gasteiger charge is 2.29. The number of aromatic nitrogens is 4. The zero-order valence-corrected chi connectivity index (χ0v) is 10.1. The van der Waals surface area contributed by atoms with E-state index in [1.54, 1.807) is 4.90 Å². The van der Waals surface area contributed by atoms with E-state index in [0.29, 0.717) is 18.8 Å². The Hall–Kier alpha value is -2.68. The molecule has 1 aromatic carbocycles. The van der Waals surface area contributed by atoms with Gasteiger partial charge in [0.2, 0.25) is 11.7 Å². The van der Waals surface area contributed by atoms with Crippen molar-refractivity contribution in [2.24, 2.45) is 5.92 Å². The van der Waals surface area contributed by atoms with Crippen LogP contribution in [0, 0.1) is 18.3 Å². The van der Waals surface area contributed by atoms with Gasteiger partial charge in [-0.2, -0.15) is 5.21 Å². The lowest BCUT2D eigenvalue weighted by Gasteiger charge is -2.16. The van der Waals surface area contributed by atoms with E-state index in [9.17, 15) is 4.79 Å². The maximum Gasteiger partial charge on any atom is 0.228 e. The number of carbonyl (C=O) groups excluding carboxylic acids is 1. The van der Waals surface area contributed by atoms with E-state index in [4.69, 9.17) is 6.42 Å². The number of nitrogens with one attached hydrogen (secondary N) is 1. The average Bonchev–Trinajstić information content (AvgIpc) is 3.08. The van der Waals surface area contributed by atoms with Crippen molar-refractivity contribution in [1.29, 1.82) is 0 Å². The van der Waals surface area contributed by atoms with Gasteiger partial charge >= 0.3 is 0 Å². The first-order valence-corrected chi connectivity index (χ1v) is 5.88. The van der Waals surface area contributed by atoms with Crippen molar-refractivity contribution in [2.75, 3.05) is 11.4 Å². The number of amides is 1. The molecule has 0 bridgehead atoms. The Bertz CT molecular complexity index is 643. The Morgan fingerprint density at radius 1 is 1.47 bits per heavy atom. The molecule has 2 heterocycles. The molecule has 19 heavy (non-hydrogen) atoms. The molecular weight excluding hydrogens is 242 g/mol. The second kappa shape index (κ2) is 4.53. The molecule has 1 amide bonds. The van der Waals surface area contributed by atoms with Gasteiger partial charge < -0.3 is 4.90 Å². The van der Waals surface area contributed by atoms with Crippen molar-refractivity contribution in [3.63, 3.8) is 0 Å². The third kappa shape index (κ3) is 2.06. The lowest BCUT2D eigenvalue weighted by atomic mass is 10.1. The molecule has 1 fully saturated rings. The van der Waals surface area contributed by atoms with Crippen LogP contribution in [0.5, 0.6) is 0 Å². The van der Waals surface area contributed by atoms with E-state index in [2.05, 4.69) is 26.5 Å². The van der Waals surface area contributed by atoms with Crippen LogP contribution in [0.15, 0.2) is 24.3 Å². The Kier molecular flexibility index (Phi) is 2.72. The standard InChI is InChI=1S/C13H11N5O/c1-2-9-6-12(19)18(8-9)11-5-3-4-10(7-11)13-14-16-17-15-13/h1,3-5,7,9H,6,8H2,(H,14,15,16,17). The number of rotatable bonds is 2. The van der Waals surface area contributed by atoms with Gasteiger partial charge in [0.15, 0.2) is 0 Å². The topological polar surface area (TPSA) is 74.8 Å². The van der Waals surface area contributed by atoms with Crippen LogP contribution in [0.1, 0.15) is 6.42 Å². The van der Waals surface area contributed by atoms with Crippen LogP contribution in [-0.2, 0) is 4.79 Å². The Morgan fingerprint density at radius 2 is 2.37 bits per heavy atom. The van der Waals surface area contributed by atoms with Crippen LogP contribution >= 0.6 is 0 Å². The molecule has 94 valence electrons. The second-order valence-corrected chi connectivity index (χ2v) is 4.36. The fraction of sp³-hybridized carbons (Fsp3) is 0.231. The minimum absolute atomic E-state index is 0.0127. The molecule has 1 aliphatic rings. The summed E-state index contributed by atoms with van der Waals surface area (Å²) in [4.78, 5) is 13.6. The van der Waals surface area contributed by atoms with E-state index >= 15 is 0 Å². The van der Waals surface area contributed by atoms with Gasteiger partial charge in [-0.25, -0.2) is 0 Å². The smallest absolute Gasteiger partial charge is 0.228 e. The average molecular weight is 253 g/mol. The number of carbonyl (C=O) groups is 1. The van der Waals surface area contributed by atoms with Crippen molar-refractivity contribution in [2.45, 2.75) is 6.42 Å².